The van der Waals surface area contributed by atoms with E-state index in [1.807, 2.05) is 30.0 Å². The van der Waals surface area contributed by atoms with Crippen LogP contribution in [0, 0.1) is 0 Å². The molecule has 5 heteroatoms. The van der Waals surface area contributed by atoms with Gasteiger partial charge in [-0.2, -0.15) is 0 Å². The van der Waals surface area contributed by atoms with E-state index in [9.17, 15) is 9.59 Å². The van der Waals surface area contributed by atoms with Gasteiger partial charge in [0.15, 0.2) is 17.3 Å². The normalized spacial score (nSPS) is 13.7. The molecular weight excluding hydrogens is 304 g/mol. The van der Waals surface area contributed by atoms with Gasteiger partial charge < -0.3 is 4.42 Å². The highest BCUT2D eigenvalue weighted by Crippen LogP contribution is 2.37. The van der Waals surface area contributed by atoms with Gasteiger partial charge in [-0.25, -0.2) is 0 Å². The lowest BCUT2D eigenvalue weighted by Crippen LogP contribution is -2.05. The van der Waals surface area contributed by atoms with E-state index in [4.69, 9.17) is 4.42 Å². The smallest absolute Gasteiger partial charge is 0.198 e. The van der Waals surface area contributed by atoms with Crippen molar-refractivity contribution in [3.05, 3.63) is 47.9 Å². The zero-order valence-electron chi connectivity index (χ0n) is 11.3. The van der Waals surface area contributed by atoms with Crippen molar-refractivity contribution < 1.29 is 14.0 Å². The summed E-state index contributed by atoms with van der Waals surface area (Å²) in [5, 5.41) is 0. The summed E-state index contributed by atoms with van der Waals surface area (Å²) in [5.41, 5.74) is 0.691. The van der Waals surface area contributed by atoms with Gasteiger partial charge >= 0.3 is 0 Å². The summed E-state index contributed by atoms with van der Waals surface area (Å²) in [6, 6.07) is 9.12. The van der Waals surface area contributed by atoms with E-state index in [2.05, 4.69) is 0 Å². The lowest BCUT2D eigenvalue weighted by molar-refractivity contribution is 0.0902. The van der Waals surface area contributed by atoms with Crippen molar-refractivity contribution in [2.45, 2.75) is 22.6 Å². The maximum absolute atomic E-state index is 12.2. The summed E-state index contributed by atoms with van der Waals surface area (Å²) in [5.74, 6) is 2.39. The average Bonchev–Trinajstić information content (AvgIpc) is 3.06. The lowest BCUT2D eigenvalue weighted by Gasteiger charge is -2.15. The summed E-state index contributed by atoms with van der Waals surface area (Å²) < 4.78 is 5.04. The number of carbonyl (C=O) groups is 2. The van der Waals surface area contributed by atoms with Gasteiger partial charge in [-0.15, -0.1) is 23.5 Å². The predicted octanol–water partition coefficient (Wildman–Crippen LogP) is 4.32. The highest BCUT2D eigenvalue weighted by atomic mass is 32.2. The van der Waals surface area contributed by atoms with Crippen LogP contribution in [0.25, 0.3) is 0 Å². The Morgan fingerprint density at radius 2 is 1.76 bits per heavy atom. The van der Waals surface area contributed by atoms with E-state index in [1.54, 1.807) is 23.9 Å². The molecule has 0 radical (unpaired) electrons. The number of carbonyl (C=O) groups excluding carboxylic acids is 2. The van der Waals surface area contributed by atoms with Crippen molar-refractivity contribution in [2.24, 2.45) is 0 Å². The molecule has 0 saturated carbocycles. The van der Waals surface area contributed by atoms with E-state index >= 15 is 0 Å². The van der Waals surface area contributed by atoms with E-state index in [1.165, 1.54) is 16.1 Å². The number of hydrogen-bond donors (Lipinski definition) is 0. The molecule has 2 heterocycles. The van der Waals surface area contributed by atoms with Gasteiger partial charge in [0, 0.05) is 39.7 Å². The molecule has 0 bridgehead atoms. The summed E-state index contributed by atoms with van der Waals surface area (Å²) in [7, 11) is 0. The molecule has 0 aliphatic carbocycles. The Labute approximate surface area is 131 Å². The van der Waals surface area contributed by atoms with Crippen molar-refractivity contribution in [1.82, 2.24) is 0 Å². The van der Waals surface area contributed by atoms with Crippen LogP contribution >= 0.6 is 23.5 Å². The minimum atomic E-state index is -0.128. The molecule has 3 rings (SSSR count). The van der Waals surface area contributed by atoms with E-state index in [0.29, 0.717) is 11.3 Å². The van der Waals surface area contributed by atoms with Crippen molar-refractivity contribution in [3.8, 4) is 0 Å². The molecule has 3 nitrogen and oxygen atoms in total. The first-order valence-electron chi connectivity index (χ1n) is 6.73. The zero-order chi connectivity index (χ0) is 14.7. The fourth-order valence-electron chi connectivity index (χ4n) is 2.15. The molecule has 0 atom stereocenters. The molecule has 0 spiro atoms. The van der Waals surface area contributed by atoms with Gasteiger partial charge in [0.25, 0.3) is 0 Å². The topological polar surface area (TPSA) is 47.3 Å². The standard InChI is InChI=1S/C16H14O3S2/c17-12(4-5-13(18)14-2-1-7-19-14)11-3-6-15-16(10-11)21-9-8-20-15/h1-3,6-7,10H,4-5,8-9H2. The molecule has 1 aliphatic rings. The molecule has 1 aromatic heterocycles. The van der Waals surface area contributed by atoms with E-state index < -0.39 is 0 Å². The second-order valence-electron chi connectivity index (χ2n) is 4.68. The number of ketones is 2. The van der Waals surface area contributed by atoms with Crippen LogP contribution in [0.1, 0.15) is 33.8 Å². The third-order valence-electron chi connectivity index (χ3n) is 3.24. The largest absolute Gasteiger partial charge is 0.461 e. The number of furan rings is 1. The minimum Gasteiger partial charge on any atom is -0.461 e. The van der Waals surface area contributed by atoms with Crippen molar-refractivity contribution >= 4 is 35.1 Å². The fraction of sp³-hybridized carbons (Fsp3) is 0.250. The first-order chi connectivity index (χ1) is 10.2. The first-order valence-corrected chi connectivity index (χ1v) is 8.71. The number of hydrogen-bond acceptors (Lipinski definition) is 5. The SMILES string of the molecule is O=C(CCC(=O)c1ccco1)c1ccc2c(c1)SCCS2. The Balaban J connectivity index is 1.64. The third-order valence-corrected chi connectivity index (χ3v) is 5.76. The number of thioether (sulfide) groups is 2. The lowest BCUT2D eigenvalue weighted by atomic mass is 10.0. The van der Waals surface area contributed by atoms with Gasteiger partial charge in [-0.1, -0.05) is 6.07 Å². The number of Topliss-reactive ketones (excluding diaryl/α,β-unsaturated/α-hetero) is 2. The van der Waals surface area contributed by atoms with Gasteiger partial charge in [-0.3, -0.25) is 9.59 Å². The van der Waals surface area contributed by atoms with Crippen molar-refractivity contribution in [2.75, 3.05) is 11.5 Å². The van der Waals surface area contributed by atoms with Crippen LogP contribution in [0.3, 0.4) is 0 Å². The molecule has 108 valence electrons. The Bertz CT molecular complexity index is 662. The predicted molar refractivity (Wildman–Crippen MR) is 84.5 cm³/mol. The van der Waals surface area contributed by atoms with Crippen LogP contribution in [0.15, 0.2) is 50.8 Å². The Kier molecular flexibility index (Phi) is 4.51. The minimum absolute atomic E-state index is 0.00822. The number of benzene rings is 1. The van der Waals surface area contributed by atoms with Gasteiger partial charge in [0.1, 0.15) is 0 Å². The van der Waals surface area contributed by atoms with E-state index in [0.717, 1.165) is 11.5 Å². The molecule has 21 heavy (non-hydrogen) atoms. The molecule has 0 saturated heterocycles. The number of fused-ring (bicyclic) bond motifs is 1. The maximum atomic E-state index is 12.2. The Morgan fingerprint density at radius 3 is 2.52 bits per heavy atom. The summed E-state index contributed by atoms with van der Waals surface area (Å²) in [4.78, 5) is 26.4. The van der Waals surface area contributed by atoms with Gasteiger partial charge in [0.05, 0.1) is 6.26 Å². The highest BCUT2D eigenvalue weighted by molar-refractivity contribution is 8.05. The summed E-state index contributed by atoms with van der Waals surface area (Å²) >= 11 is 3.61. The van der Waals surface area contributed by atoms with Crippen LogP contribution in [0.4, 0.5) is 0 Å². The molecule has 2 aromatic rings. The van der Waals surface area contributed by atoms with Crippen molar-refractivity contribution in [3.63, 3.8) is 0 Å². The van der Waals surface area contributed by atoms with Crippen LogP contribution < -0.4 is 0 Å². The molecule has 0 N–H and O–H groups in total. The average molecular weight is 318 g/mol. The molecule has 0 unspecified atom stereocenters. The van der Waals surface area contributed by atoms with Gasteiger partial charge in [-0.05, 0) is 24.3 Å². The summed E-state index contributed by atoms with van der Waals surface area (Å²) in [6.45, 7) is 0. The van der Waals surface area contributed by atoms with Crippen LogP contribution in [0.5, 0.6) is 0 Å². The van der Waals surface area contributed by atoms with Crippen LogP contribution in [0.2, 0.25) is 0 Å². The van der Waals surface area contributed by atoms with Crippen LogP contribution in [-0.4, -0.2) is 23.1 Å². The third kappa shape index (κ3) is 3.41. The van der Waals surface area contributed by atoms with E-state index in [-0.39, 0.29) is 24.4 Å². The molecule has 0 amide bonds. The first kappa shape index (κ1) is 14.5. The summed E-state index contributed by atoms with van der Waals surface area (Å²) in [6.07, 6.45) is 1.87. The zero-order valence-corrected chi connectivity index (χ0v) is 13.0. The monoisotopic (exact) mass is 318 g/mol. The molecule has 0 fully saturated rings. The van der Waals surface area contributed by atoms with Gasteiger partial charge in [0.2, 0.25) is 0 Å². The molecule has 1 aliphatic heterocycles. The molecular formula is C16H14O3S2. The van der Waals surface area contributed by atoms with Crippen LogP contribution in [-0.2, 0) is 0 Å². The fourth-order valence-corrected chi connectivity index (χ4v) is 4.39. The van der Waals surface area contributed by atoms with Crippen molar-refractivity contribution in [1.29, 1.82) is 0 Å². The second kappa shape index (κ2) is 6.54. The maximum Gasteiger partial charge on any atom is 0.198 e. The molecule has 1 aromatic carbocycles. The Hall–Kier alpha value is -1.46. The Morgan fingerprint density at radius 1 is 1.00 bits per heavy atom. The highest BCUT2D eigenvalue weighted by Gasteiger charge is 2.16. The quantitative estimate of drug-likeness (QED) is 0.768. The number of rotatable bonds is 5. The second-order valence-corrected chi connectivity index (χ2v) is 6.96.